The van der Waals surface area contributed by atoms with E-state index in [0.717, 1.165) is 6.07 Å². The molecular weight excluding hydrogens is 385 g/mol. The Hall–Kier alpha value is -2.15. The number of aromatic nitrogens is 2. The third kappa shape index (κ3) is 3.08. The van der Waals surface area contributed by atoms with Gasteiger partial charge in [-0.25, -0.2) is 4.98 Å². The van der Waals surface area contributed by atoms with Crippen molar-refractivity contribution in [3.05, 3.63) is 74.1 Å². The maximum atomic E-state index is 13.1. The second-order valence-electron chi connectivity index (χ2n) is 5.42. The van der Waals surface area contributed by atoms with Crippen LogP contribution in [0.2, 0.25) is 0 Å². The molecule has 0 amide bonds. The zero-order valence-electron chi connectivity index (χ0n) is 12.6. The van der Waals surface area contributed by atoms with Crippen molar-refractivity contribution in [3.8, 4) is 0 Å². The van der Waals surface area contributed by atoms with Gasteiger partial charge in [-0.3, -0.25) is 4.79 Å². The monoisotopic (exact) mass is 396 g/mol. The highest BCUT2D eigenvalue weighted by Crippen LogP contribution is 2.33. The Labute approximate surface area is 143 Å². The molecule has 124 valence electrons. The molecule has 3 aromatic rings. The van der Waals surface area contributed by atoms with E-state index in [9.17, 15) is 18.0 Å². The van der Waals surface area contributed by atoms with Crippen molar-refractivity contribution in [1.29, 1.82) is 0 Å². The van der Waals surface area contributed by atoms with Gasteiger partial charge in [-0.1, -0.05) is 12.1 Å². The number of nitrogens with zero attached hydrogens (tertiary/aromatic N) is 2. The van der Waals surface area contributed by atoms with Crippen LogP contribution in [0.1, 0.15) is 16.7 Å². The van der Waals surface area contributed by atoms with Crippen molar-refractivity contribution in [2.45, 2.75) is 19.6 Å². The Kier molecular flexibility index (Phi) is 4.21. The molecule has 0 bridgehead atoms. The average molecular weight is 397 g/mol. The first-order valence-corrected chi connectivity index (χ1v) is 7.87. The summed E-state index contributed by atoms with van der Waals surface area (Å²) in [6.45, 7) is 1.67. The zero-order valence-corrected chi connectivity index (χ0v) is 14.1. The molecule has 0 radical (unpaired) electrons. The molecule has 0 aliphatic carbocycles. The van der Waals surface area contributed by atoms with Crippen LogP contribution in [0.5, 0.6) is 0 Å². The van der Waals surface area contributed by atoms with E-state index in [1.54, 1.807) is 22.9 Å². The van der Waals surface area contributed by atoms with Gasteiger partial charge in [0, 0.05) is 29.5 Å². The van der Waals surface area contributed by atoms with E-state index < -0.39 is 11.7 Å². The van der Waals surface area contributed by atoms with Crippen molar-refractivity contribution in [2.24, 2.45) is 0 Å². The molecule has 0 fully saturated rings. The minimum Gasteiger partial charge on any atom is -0.342 e. The number of alkyl halides is 3. The summed E-state index contributed by atoms with van der Waals surface area (Å²) < 4.78 is 41.6. The zero-order chi connectivity index (χ0) is 17.5. The largest absolute Gasteiger partial charge is 0.416 e. The molecule has 3 nitrogen and oxygen atoms in total. The van der Waals surface area contributed by atoms with Gasteiger partial charge < -0.3 is 4.57 Å². The predicted octanol–water partition coefficient (Wildman–Crippen LogP) is 4.53. The number of fused-ring (bicyclic) bond motifs is 1. The van der Waals surface area contributed by atoms with E-state index in [4.69, 9.17) is 0 Å². The van der Waals surface area contributed by atoms with Crippen LogP contribution < -0.4 is 5.43 Å². The molecule has 7 heteroatoms. The third-order valence-corrected chi connectivity index (χ3v) is 4.31. The van der Waals surface area contributed by atoms with Crippen LogP contribution in [0.15, 0.2) is 52.0 Å². The van der Waals surface area contributed by atoms with Crippen LogP contribution in [-0.4, -0.2) is 9.55 Å². The maximum absolute atomic E-state index is 13.1. The molecule has 2 aromatic heterocycles. The molecule has 0 spiro atoms. The Balaban J connectivity index is 2.13. The van der Waals surface area contributed by atoms with E-state index in [-0.39, 0.29) is 23.1 Å². The summed E-state index contributed by atoms with van der Waals surface area (Å²) in [6, 6.07) is 7.21. The van der Waals surface area contributed by atoms with Crippen molar-refractivity contribution < 1.29 is 13.2 Å². The van der Waals surface area contributed by atoms with E-state index in [1.807, 2.05) is 0 Å². The third-order valence-electron chi connectivity index (χ3n) is 3.87. The van der Waals surface area contributed by atoms with Crippen LogP contribution in [0.3, 0.4) is 0 Å². The molecule has 24 heavy (non-hydrogen) atoms. The lowest BCUT2D eigenvalue weighted by molar-refractivity contribution is -0.138. The minimum absolute atomic E-state index is 0.180. The van der Waals surface area contributed by atoms with Gasteiger partial charge in [-0.2, -0.15) is 13.2 Å². The molecule has 1 aromatic carbocycles. The van der Waals surface area contributed by atoms with Gasteiger partial charge in [0.1, 0.15) is 5.52 Å². The van der Waals surface area contributed by atoms with Gasteiger partial charge in [0.05, 0.1) is 11.1 Å². The number of pyridine rings is 2. The van der Waals surface area contributed by atoms with Gasteiger partial charge >= 0.3 is 6.18 Å². The summed E-state index contributed by atoms with van der Waals surface area (Å²) in [5, 5.41) is 0. The van der Waals surface area contributed by atoms with Gasteiger partial charge in [0.2, 0.25) is 5.43 Å². The second kappa shape index (κ2) is 6.05. The first kappa shape index (κ1) is 16.7. The van der Waals surface area contributed by atoms with Gasteiger partial charge in [-0.05, 0) is 46.1 Å². The number of benzene rings is 1. The first-order chi connectivity index (χ1) is 11.3. The Bertz CT molecular complexity index is 980. The first-order valence-electron chi connectivity index (χ1n) is 7.08. The van der Waals surface area contributed by atoms with Crippen molar-refractivity contribution in [1.82, 2.24) is 9.55 Å². The highest BCUT2D eigenvalue weighted by molar-refractivity contribution is 9.10. The van der Waals surface area contributed by atoms with Crippen molar-refractivity contribution >= 4 is 27.0 Å². The highest BCUT2D eigenvalue weighted by atomic mass is 79.9. The molecular formula is C17H12BrF3N2O. The second-order valence-corrected chi connectivity index (χ2v) is 6.33. The fraction of sp³-hybridized carbons (Fsp3) is 0.176. The summed E-state index contributed by atoms with van der Waals surface area (Å²) in [5.74, 6) is 0. The quantitative estimate of drug-likeness (QED) is 0.637. The SMILES string of the molecule is Cc1c(Cn2ccc(=O)c3ncc(Br)cc32)cccc1C(F)(F)F. The number of hydrogen-bond acceptors (Lipinski definition) is 2. The molecule has 2 heterocycles. The van der Waals surface area contributed by atoms with Crippen LogP contribution in [0.25, 0.3) is 11.0 Å². The Morgan fingerprint density at radius 2 is 2.00 bits per heavy atom. The summed E-state index contributed by atoms with van der Waals surface area (Å²) in [7, 11) is 0. The normalized spacial score (nSPS) is 11.9. The number of rotatable bonds is 2. The molecule has 0 saturated heterocycles. The maximum Gasteiger partial charge on any atom is 0.416 e. The van der Waals surface area contributed by atoms with Crippen LogP contribution in [0, 0.1) is 6.92 Å². The summed E-state index contributed by atoms with van der Waals surface area (Å²) in [6.07, 6.45) is -1.31. The van der Waals surface area contributed by atoms with Crippen LogP contribution in [-0.2, 0) is 12.7 Å². The van der Waals surface area contributed by atoms with Crippen LogP contribution in [0.4, 0.5) is 13.2 Å². The molecule has 0 aliphatic rings. The molecule has 0 aliphatic heterocycles. The van der Waals surface area contributed by atoms with Gasteiger partial charge in [0.25, 0.3) is 0 Å². The van der Waals surface area contributed by atoms with Gasteiger partial charge in [-0.15, -0.1) is 0 Å². The number of hydrogen-bond donors (Lipinski definition) is 0. The highest BCUT2D eigenvalue weighted by Gasteiger charge is 2.32. The number of halogens is 4. The molecule has 0 unspecified atom stereocenters. The smallest absolute Gasteiger partial charge is 0.342 e. The summed E-state index contributed by atoms with van der Waals surface area (Å²) in [4.78, 5) is 16.0. The lowest BCUT2D eigenvalue weighted by atomic mass is 10.0. The molecule has 0 N–H and O–H groups in total. The standard InChI is InChI=1S/C17H12BrF3N2O/c1-10-11(3-2-4-13(10)17(19,20)21)9-23-6-5-15(24)16-14(23)7-12(18)8-22-16/h2-8H,9H2,1H3. The fourth-order valence-corrected chi connectivity index (χ4v) is 2.96. The van der Waals surface area contributed by atoms with Crippen LogP contribution >= 0.6 is 15.9 Å². The van der Waals surface area contributed by atoms with Crippen molar-refractivity contribution in [2.75, 3.05) is 0 Å². The van der Waals surface area contributed by atoms with E-state index >= 15 is 0 Å². The lowest BCUT2D eigenvalue weighted by Crippen LogP contribution is -2.13. The lowest BCUT2D eigenvalue weighted by Gasteiger charge is -2.16. The van der Waals surface area contributed by atoms with E-state index in [0.29, 0.717) is 15.6 Å². The predicted molar refractivity (Wildman–Crippen MR) is 89.0 cm³/mol. The van der Waals surface area contributed by atoms with E-state index in [1.165, 1.54) is 25.3 Å². The molecule has 0 atom stereocenters. The summed E-state index contributed by atoms with van der Waals surface area (Å²) >= 11 is 3.30. The van der Waals surface area contributed by atoms with Gasteiger partial charge in [0.15, 0.2) is 0 Å². The average Bonchev–Trinajstić information content (AvgIpc) is 2.50. The fourth-order valence-electron chi connectivity index (χ4n) is 2.64. The topological polar surface area (TPSA) is 34.9 Å². The summed E-state index contributed by atoms with van der Waals surface area (Å²) in [5.41, 5.74) is 0.688. The molecule has 0 saturated carbocycles. The molecule has 3 rings (SSSR count). The van der Waals surface area contributed by atoms with Crippen molar-refractivity contribution in [3.63, 3.8) is 0 Å². The van der Waals surface area contributed by atoms with E-state index in [2.05, 4.69) is 20.9 Å². The Morgan fingerprint density at radius 1 is 1.25 bits per heavy atom. The minimum atomic E-state index is -4.39. The Morgan fingerprint density at radius 3 is 2.71 bits per heavy atom.